The molecule has 0 bridgehead atoms. The molecule has 0 unspecified atom stereocenters. The molecular formula is C80H51N9O9. The summed E-state index contributed by atoms with van der Waals surface area (Å²) in [4.78, 5) is 81.5. The van der Waals surface area contributed by atoms with Gasteiger partial charge >= 0.3 is 0 Å². The Bertz CT molecular complexity index is 4590. The normalized spacial score (nSPS) is 14.0. The molecule has 0 aliphatic carbocycles. The van der Waals surface area contributed by atoms with Gasteiger partial charge in [0.1, 0.15) is 34.5 Å². The second-order valence-electron chi connectivity index (χ2n) is 23.1. The number of hydrogen-bond acceptors (Lipinski definition) is 15. The fourth-order valence-electron chi connectivity index (χ4n) is 11.8. The van der Waals surface area contributed by atoms with Gasteiger partial charge in [0.15, 0.2) is 0 Å². The first-order valence-corrected chi connectivity index (χ1v) is 31.0. The van der Waals surface area contributed by atoms with Crippen LogP contribution in [0.4, 0.5) is 51.2 Å². The largest absolute Gasteiger partial charge is 0.457 e. The van der Waals surface area contributed by atoms with Gasteiger partial charge in [-0.05, 0) is 242 Å². The summed E-state index contributed by atoms with van der Waals surface area (Å²) in [5, 5.41) is 26.3. The minimum absolute atomic E-state index is 0.366. The fraction of sp³-hybridized carbons (Fsp3) is 0.0250. The first-order valence-electron chi connectivity index (χ1n) is 31.0. The summed E-state index contributed by atoms with van der Waals surface area (Å²) in [6, 6.07) is 86.1. The zero-order chi connectivity index (χ0) is 66.9. The van der Waals surface area contributed by atoms with Gasteiger partial charge in [-0.25, -0.2) is 14.7 Å². The average Bonchev–Trinajstić information content (AvgIpc) is 0.910. The van der Waals surface area contributed by atoms with Crippen LogP contribution in [0.15, 0.2) is 322 Å². The van der Waals surface area contributed by atoms with Gasteiger partial charge in [0.05, 0.1) is 84.6 Å². The maximum Gasteiger partial charge on any atom is 0.266 e. The van der Waals surface area contributed by atoms with Crippen molar-refractivity contribution >= 4 is 86.6 Å². The summed E-state index contributed by atoms with van der Waals surface area (Å²) in [5.74, 6) is 1.42. The quantitative estimate of drug-likeness (QED) is 0.0453. The Hall–Kier alpha value is -13.7. The van der Waals surface area contributed by atoms with E-state index < -0.39 is 5.41 Å². The van der Waals surface area contributed by atoms with Gasteiger partial charge in [-0.15, -0.1) is 0 Å². The molecule has 0 fully saturated rings. The third kappa shape index (κ3) is 11.8. The molecule has 15 rings (SSSR count). The zero-order valence-corrected chi connectivity index (χ0v) is 51.9. The number of anilines is 3. The molecule has 12 aromatic rings. The molecule has 18 nitrogen and oxygen atoms in total. The van der Waals surface area contributed by atoms with Crippen LogP contribution in [-0.4, -0.2) is 35.4 Å². The lowest BCUT2D eigenvalue weighted by Gasteiger charge is -2.32. The van der Waals surface area contributed by atoms with E-state index in [1.807, 2.05) is 109 Å². The van der Waals surface area contributed by atoms with Crippen LogP contribution in [0.1, 0.15) is 85.8 Å². The van der Waals surface area contributed by atoms with Crippen LogP contribution in [0, 0.1) is 0 Å². The van der Waals surface area contributed by atoms with Crippen LogP contribution in [0.5, 0.6) is 34.5 Å². The van der Waals surface area contributed by atoms with Crippen LogP contribution < -0.4 is 28.9 Å². The summed E-state index contributed by atoms with van der Waals surface area (Å²) in [5.41, 5.74) is 9.22. The molecule has 470 valence electrons. The maximum atomic E-state index is 13.0. The van der Waals surface area contributed by atoms with Crippen molar-refractivity contribution in [2.45, 2.75) is 12.3 Å². The standard InChI is InChI=1S/C80H51N9O9/c1-80(50-14-38-62(39-15-50)96-65-44-26-56(27-45-65)84-81-53-20-32-59(33-21-53)87-74(90)68-8-2-3-9-69(68)75(87)91,51-16-40-63(41-17-51)97-66-46-28-57(29-47-66)85-82-54-22-34-60(35-23-54)88-76(92)70-10-4-5-11-71(70)77(88)93)52-18-42-64(43-19-52)98-67-48-30-58(31-49-67)86-83-55-24-36-61(37-25-55)89-78(94)72-12-6-7-13-73(72)79(89)95/h2-49H,1H3. The Balaban J connectivity index is 0.617. The zero-order valence-electron chi connectivity index (χ0n) is 51.9. The minimum atomic E-state index is -0.707. The third-order valence-electron chi connectivity index (χ3n) is 17.1. The highest BCUT2D eigenvalue weighted by molar-refractivity contribution is 6.36. The lowest BCUT2D eigenvalue weighted by Crippen LogP contribution is -2.29. The first-order chi connectivity index (χ1) is 47.9. The number of ether oxygens (including phenoxy) is 3. The van der Waals surface area contributed by atoms with E-state index in [1.165, 1.54) is 0 Å². The predicted molar refractivity (Wildman–Crippen MR) is 369 cm³/mol. The van der Waals surface area contributed by atoms with Crippen molar-refractivity contribution < 1.29 is 43.0 Å². The van der Waals surface area contributed by atoms with Crippen LogP contribution in [-0.2, 0) is 5.41 Å². The van der Waals surface area contributed by atoms with Crippen molar-refractivity contribution in [1.82, 2.24) is 0 Å². The lowest BCUT2D eigenvalue weighted by atomic mass is 9.71. The fourth-order valence-corrected chi connectivity index (χ4v) is 11.8. The van der Waals surface area contributed by atoms with Gasteiger partial charge in [0.2, 0.25) is 0 Å². The van der Waals surface area contributed by atoms with Gasteiger partial charge in [0, 0.05) is 5.41 Å². The predicted octanol–water partition coefficient (Wildman–Crippen LogP) is 20.1. The SMILES string of the molecule is CC(c1ccc(Oc2ccc(N=Nc3ccc(N4C(=O)c5ccccc5C4=O)cc3)cc2)cc1)(c1ccc(Oc2ccc(N=Nc3ccc(N4C(=O)c5ccccc5C4=O)cc3)cc2)cc1)c1ccc(Oc2ccc(N=Nc3ccc(N4C(=O)c5ccccc5C4=O)cc3)cc2)cc1. The second kappa shape index (κ2) is 25.6. The number of carbonyl (C=O) groups excluding carboxylic acids is 6. The number of benzene rings is 12. The van der Waals surface area contributed by atoms with Gasteiger partial charge in [-0.3, -0.25) is 28.8 Å². The molecule has 3 aliphatic heterocycles. The first kappa shape index (κ1) is 60.5. The Morgan fingerprint density at radius 1 is 0.224 bits per heavy atom. The number of carbonyl (C=O) groups is 6. The monoisotopic (exact) mass is 1280 g/mol. The summed E-state index contributed by atoms with van der Waals surface area (Å²) in [6.45, 7) is 2.16. The molecule has 18 heteroatoms. The molecule has 0 N–H and O–H groups in total. The summed E-state index contributed by atoms with van der Waals surface area (Å²) < 4.78 is 19.0. The van der Waals surface area contributed by atoms with Crippen molar-refractivity contribution in [3.63, 3.8) is 0 Å². The van der Waals surface area contributed by atoms with E-state index in [0.717, 1.165) is 31.4 Å². The highest BCUT2D eigenvalue weighted by Gasteiger charge is 2.39. The summed E-state index contributed by atoms with van der Waals surface area (Å²) in [6.07, 6.45) is 0. The Morgan fingerprint density at radius 2 is 0.388 bits per heavy atom. The smallest absolute Gasteiger partial charge is 0.266 e. The number of rotatable bonds is 18. The highest BCUT2D eigenvalue weighted by Crippen LogP contribution is 2.43. The minimum Gasteiger partial charge on any atom is -0.457 e. The third-order valence-corrected chi connectivity index (χ3v) is 17.1. The molecule has 0 spiro atoms. The van der Waals surface area contributed by atoms with Crippen molar-refractivity contribution in [2.75, 3.05) is 14.7 Å². The number of fused-ring (bicyclic) bond motifs is 3. The molecule has 0 saturated carbocycles. The molecular weight excluding hydrogens is 1230 g/mol. The van der Waals surface area contributed by atoms with Gasteiger partial charge in [0.25, 0.3) is 35.4 Å². The Morgan fingerprint density at radius 3 is 0.571 bits per heavy atom. The van der Waals surface area contributed by atoms with Crippen LogP contribution >= 0.6 is 0 Å². The van der Waals surface area contributed by atoms with E-state index >= 15 is 0 Å². The van der Waals surface area contributed by atoms with E-state index in [1.54, 1.807) is 182 Å². The van der Waals surface area contributed by atoms with E-state index in [-0.39, 0.29) is 35.4 Å². The molecule has 12 aromatic carbocycles. The van der Waals surface area contributed by atoms with E-state index in [4.69, 9.17) is 14.2 Å². The van der Waals surface area contributed by atoms with Crippen molar-refractivity contribution in [3.8, 4) is 34.5 Å². The molecule has 6 amide bonds. The summed E-state index contributed by atoms with van der Waals surface area (Å²) >= 11 is 0. The van der Waals surface area contributed by atoms with Crippen LogP contribution in [0.2, 0.25) is 0 Å². The molecule has 3 heterocycles. The lowest BCUT2D eigenvalue weighted by molar-refractivity contribution is 0.0910. The van der Waals surface area contributed by atoms with Gasteiger partial charge in [-0.1, -0.05) is 72.8 Å². The molecule has 0 atom stereocenters. The Kier molecular flexibility index (Phi) is 15.8. The van der Waals surface area contributed by atoms with Crippen molar-refractivity contribution in [3.05, 3.63) is 341 Å². The van der Waals surface area contributed by atoms with E-state index in [9.17, 15) is 28.8 Å². The van der Waals surface area contributed by atoms with E-state index in [0.29, 0.717) is 119 Å². The van der Waals surface area contributed by atoms with Crippen molar-refractivity contribution in [1.29, 1.82) is 0 Å². The number of hydrogen-bond donors (Lipinski definition) is 0. The molecule has 3 aliphatic rings. The number of azo groups is 3. The number of imide groups is 3. The van der Waals surface area contributed by atoms with Gasteiger partial charge < -0.3 is 14.2 Å². The molecule has 0 aromatic heterocycles. The van der Waals surface area contributed by atoms with E-state index in [2.05, 4.69) is 37.6 Å². The maximum absolute atomic E-state index is 13.0. The van der Waals surface area contributed by atoms with Crippen molar-refractivity contribution in [2.24, 2.45) is 30.7 Å². The topological polar surface area (TPSA) is 214 Å². The van der Waals surface area contributed by atoms with Crippen LogP contribution in [0.3, 0.4) is 0 Å². The molecule has 98 heavy (non-hydrogen) atoms. The Labute approximate surface area is 560 Å². The second-order valence-corrected chi connectivity index (χ2v) is 23.1. The number of nitrogens with zero attached hydrogens (tertiary/aromatic N) is 9. The number of amides is 6. The summed E-state index contributed by atoms with van der Waals surface area (Å²) in [7, 11) is 0. The average molecular weight is 1280 g/mol. The molecule has 0 radical (unpaired) electrons. The van der Waals surface area contributed by atoms with Gasteiger partial charge in [-0.2, -0.15) is 30.7 Å². The van der Waals surface area contributed by atoms with Crippen LogP contribution in [0.25, 0.3) is 0 Å². The highest BCUT2D eigenvalue weighted by atomic mass is 16.5. The molecule has 0 saturated heterocycles.